The molecule has 0 spiro atoms. The standard InChI is InChI=1S/C27H28O6/c1-16(28)10-18-6-7-19(12-18)20-8-9-21(11-17(2)29)23(13-20)26(30)22-14-24(31-3)27(33-5)25(15-22)32-4/h7-9,12-15H,6,10-11H2,1-5H3. The SMILES string of the molecule is COc1cc(C(=O)c2cc(C3=CCC(CC(C)=O)=C3)ccc2CC(C)=O)cc(OC)c1OC. The van der Waals surface area contributed by atoms with Crippen LogP contribution in [0, 0.1) is 0 Å². The molecule has 2 aromatic carbocycles. The van der Waals surface area contributed by atoms with E-state index in [0.29, 0.717) is 46.8 Å². The molecule has 6 heteroatoms. The molecule has 1 aliphatic carbocycles. The van der Waals surface area contributed by atoms with Crippen molar-refractivity contribution in [3.05, 3.63) is 70.3 Å². The van der Waals surface area contributed by atoms with Gasteiger partial charge in [-0.2, -0.15) is 0 Å². The zero-order valence-corrected chi connectivity index (χ0v) is 19.6. The van der Waals surface area contributed by atoms with Gasteiger partial charge in [0.15, 0.2) is 17.3 Å². The van der Waals surface area contributed by atoms with Gasteiger partial charge in [-0.05, 0) is 55.2 Å². The zero-order chi connectivity index (χ0) is 24.1. The minimum Gasteiger partial charge on any atom is -0.493 e. The average molecular weight is 449 g/mol. The lowest BCUT2D eigenvalue weighted by Crippen LogP contribution is -2.10. The lowest BCUT2D eigenvalue weighted by atomic mass is 9.91. The number of hydrogen-bond acceptors (Lipinski definition) is 6. The third kappa shape index (κ3) is 5.40. The highest BCUT2D eigenvalue weighted by Gasteiger charge is 2.22. The van der Waals surface area contributed by atoms with Crippen LogP contribution in [0.3, 0.4) is 0 Å². The predicted octanol–water partition coefficient (Wildman–Crippen LogP) is 4.77. The molecule has 0 fully saturated rings. The lowest BCUT2D eigenvalue weighted by Gasteiger charge is -2.15. The summed E-state index contributed by atoms with van der Waals surface area (Å²) in [6.45, 7) is 3.07. The van der Waals surface area contributed by atoms with Gasteiger partial charge in [-0.3, -0.25) is 14.4 Å². The van der Waals surface area contributed by atoms with Crippen molar-refractivity contribution in [2.75, 3.05) is 21.3 Å². The van der Waals surface area contributed by atoms with Crippen LogP contribution in [0.1, 0.15) is 53.7 Å². The fraction of sp³-hybridized carbons (Fsp3) is 0.296. The topological polar surface area (TPSA) is 78.9 Å². The van der Waals surface area contributed by atoms with E-state index >= 15 is 0 Å². The average Bonchev–Trinajstić information content (AvgIpc) is 3.25. The maximum Gasteiger partial charge on any atom is 0.203 e. The molecule has 0 amide bonds. The Kier molecular flexibility index (Phi) is 7.48. The van der Waals surface area contributed by atoms with Gasteiger partial charge in [0.2, 0.25) is 5.75 Å². The summed E-state index contributed by atoms with van der Waals surface area (Å²) in [5.74, 6) is 0.975. The van der Waals surface area contributed by atoms with Crippen molar-refractivity contribution >= 4 is 22.9 Å². The van der Waals surface area contributed by atoms with Gasteiger partial charge in [0.1, 0.15) is 11.6 Å². The summed E-state index contributed by atoms with van der Waals surface area (Å²) in [4.78, 5) is 37.0. The highest BCUT2D eigenvalue weighted by molar-refractivity contribution is 6.11. The van der Waals surface area contributed by atoms with Crippen LogP contribution in [-0.2, 0) is 16.0 Å². The molecule has 0 saturated carbocycles. The first-order valence-electron chi connectivity index (χ1n) is 10.6. The van der Waals surface area contributed by atoms with E-state index in [1.165, 1.54) is 28.3 Å². The van der Waals surface area contributed by atoms with E-state index in [4.69, 9.17) is 14.2 Å². The quantitative estimate of drug-likeness (QED) is 0.487. The van der Waals surface area contributed by atoms with Crippen molar-refractivity contribution in [1.29, 1.82) is 0 Å². The number of ether oxygens (including phenoxy) is 3. The molecule has 2 aromatic rings. The van der Waals surface area contributed by atoms with Crippen LogP contribution in [0.2, 0.25) is 0 Å². The molecule has 0 atom stereocenters. The number of Topliss-reactive ketones (excluding diaryl/α,β-unsaturated/α-hetero) is 2. The van der Waals surface area contributed by atoms with E-state index in [9.17, 15) is 14.4 Å². The second-order valence-electron chi connectivity index (χ2n) is 8.04. The van der Waals surface area contributed by atoms with E-state index in [1.807, 2.05) is 30.4 Å². The molecule has 6 nitrogen and oxygen atoms in total. The number of allylic oxidation sites excluding steroid dienone is 4. The van der Waals surface area contributed by atoms with Gasteiger partial charge >= 0.3 is 0 Å². The van der Waals surface area contributed by atoms with Gasteiger partial charge < -0.3 is 14.2 Å². The van der Waals surface area contributed by atoms with Crippen molar-refractivity contribution in [2.24, 2.45) is 0 Å². The van der Waals surface area contributed by atoms with Gasteiger partial charge in [0.25, 0.3) is 0 Å². The number of rotatable bonds is 10. The van der Waals surface area contributed by atoms with Crippen molar-refractivity contribution in [3.63, 3.8) is 0 Å². The fourth-order valence-corrected chi connectivity index (χ4v) is 3.98. The summed E-state index contributed by atoms with van der Waals surface area (Å²) in [5, 5.41) is 0. The van der Waals surface area contributed by atoms with Gasteiger partial charge in [0.05, 0.1) is 21.3 Å². The first-order chi connectivity index (χ1) is 15.8. The smallest absolute Gasteiger partial charge is 0.203 e. The summed E-state index contributed by atoms with van der Waals surface area (Å²) in [7, 11) is 4.48. The first kappa shape index (κ1) is 24.0. The number of ketones is 3. The third-order valence-corrected chi connectivity index (χ3v) is 5.47. The van der Waals surface area contributed by atoms with E-state index in [1.54, 1.807) is 19.1 Å². The van der Waals surface area contributed by atoms with Gasteiger partial charge in [-0.15, -0.1) is 0 Å². The molecule has 0 unspecified atom stereocenters. The van der Waals surface area contributed by atoms with Crippen LogP contribution in [0.15, 0.2) is 48.1 Å². The molecular formula is C27H28O6. The largest absolute Gasteiger partial charge is 0.493 e. The Hall–Kier alpha value is -3.67. The number of carbonyl (C=O) groups excluding carboxylic acids is 3. The summed E-state index contributed by atoms with van der Waals surface area (Å²) in [6.07, 6.45) is 5.32. The van der Waals surface area contributed by atoms with Crippen molar-refractivity contribution in [2.45, 2.75) is 33.1 Å². The number of benzene rings is 2. The Morgan fingerprint density at radius 3 is 2.03 bits per heavy atom. The van der Waals surface area contributed by atoms with E-state index in [2.05, 4.69) is 0 Å². The molecule has 0 saturated heterocycles. The molecule has 0 radical (unpaired) electrons. The Bertz CT molecular complexity index is 1140. The summed E-state index contributed by atoms with van der Waals surface area (Å²) in [5.41, 5.74) is 4.31. The molecule has 0 N–H and O–H groups in total. The summed E-state index contributed by atoms with van der Waals surface area (Å²) < 4.78 is 16.1. The van der Waals surface area contributed by atoms with Crippen LogP contribution >= 0.6 is 0 Å². The summed E-state index contributed by atoms with van der Waals surface area (Å²) in [6, 6.07) is 8.74. The minimum absolute atomic E-state index is 0.0367. The van der Waals surface area contributed by atoms with Crippen molar-refractivity contribution < 1.29 is 28.6 Å². The maximum atomic E-state index is 13.6. The highest BCUT2D eigenvalue weighted by Crippen LogP contribution is 2.39. The maximum absolute atomic E-state index is 13.6. The third-order valence-electron chi connectivity index (χ3n) is 5.47. The van der Waals surface area contributed by atoms with Crippen molar-refractivity contribution in [1.82, 2.24) is 0 Å². The predicted molar refractivity (Wildman–Crippen MR) is 126 cm³/mol. The Morgan fingerprint density at radius 1 is 0.848 bits per heavy atom. The number of carbonyl (C=O) groups is 3. The lowest BCUT2D eigenvalue weighted by molar-refractivity contribution is -0.117. The van der Waals surface area contributed by atoms with Crippen LogP contribution < -0.4 is 14.2 Å². The molecule has 1 aliphatic rings. The van der Waals surface area contributed by atoms with E-state index in [0.717, 1.165) is 16.7 Å². The molecular weight excluding hydrogens is 420 g/mol. The monoisotopic (exact) mass is 448 g/mol. The second-order valence-corrected chi connectivity index (χ2v) is 8.04. The number of methoxy groups -OCH3 is 3. The van der Waals surface area contributed by atoms with Gasteiger partial charge in [-0.1, -0.05) is 29.9 Å². The van der Waals surface area contributed by atoms with Crippen LogP contribution in [0.5, 0.6) is 17.2 Å². The molecule has 3 rings (SSSR count). The zero-order valence-electron chi connectivity index (χ0n) is 19.6. The molecule has 0 aromatic heterocycles. The van der Waals surface area contributed by atoms with Gasteiger partial charge in [-0.25, -0.2) is 0 Å². The first-order valence-corrected chi connectivity index (χ1v) is 10.6. The molecule has 33 heavy (non-hydrogen) atoms. The Labute approximate surface area is 193 Å². The van der Waals surface area contributed by atoms with Crippen LogP contribution in [0.25, 0.3) is 5.57 Å². The molecule has 0 heterocycles. The molecule has 0 aliphatic heterocycles. The minimum atomic E-state index is -0.251. The molecule has 0 bridgehead atoms. The van der Waals surface area contributed by atoms with Crippen LogP contribution in [-0.4, -0.2) is 38.7 Å². The normalized spacial score (nSPS) is 12.6. The van der Waals surface area contributed by atoms with Crippen LogP contribution in [0.4, 0.5) is 0 Å². The second kappa shape index (κ2) is 10.3. The van der Waals surface area contributed by atoms with E-state index in [-0.39, 0.29) is 23.8 Å². The van der Waals surface area contributed by atoms with E-state index < -0.39 is 0 Å². The van der Waals surface area contributed by atoms with Crippen molar-refractivity contribution in [3.8, 4) is 17.2 Å². The highest BCUT2D eigenvalue weighted by atomic mass is 16.5. The fourth-order valence-electron chi connectivity index (χ4n) is 3.98. The Morgan fingerprint density at radius 2 is 1.48 bits per heavy atom. The number of hydrogen-bond donors (Lipinski definition) is 0. The van der Waals surface area contributed by atoms with Gasteiger partial charge in [0, 0.05) is 24.0 Å². The molecule has 172 valence electrons. The summed E-state index contributed by atoms with van der Waals surface area (Å²) >= 11 is 0. The Balaban J connectivity index is 2.08.